The number of nitrogens with zero attached hydrogens (tertiary/aromatic N) is 1. The lowest BCUT2D eigenvalue weighted by Crippen LogP contribution is -2.10. The standard InChI is InChI=1S/C58H37NO/c1-2-12-44-36-45(25-24-38(44)10-1)41-22-20-39(21-23-41)40-26-31-47(32-27-40)59(55-18-9-19-56-57(55)53-35-30-42-11-3-6-15-50(42)58(53)60-56)48-33-28-43(29-34-48)54-37-46-13-4-5-14-49(46)51-16-7-8-17-52(51)54/h1-37H. The lowest BCUT2D eigenvalue weighted by atomic mass is 9.93. The third-order valence-electron chi connectivity index (χ3n) is 12.2. The topological polar surface area (TPSA) is 16.4 Å². The van der Waals surface area contributed by atoms with Gasteiger partial charge in [-0.1, -0.05) is 170 Å². The molecule has 1 aromatic heterocycles. The first-order chi connectivity index (χ1) is 29.7. The second kappa shape index (κ2) is 13.9. The number of fused-ring (bicyclic) bond motifs is 9. The molecule has 2 heteroatoms. The molecule has 0 bridgehead atoms. The summed E-state index contributed by atoms with van der Waals surface area (Å²) in [6.07, 6.45) is 0. The van der Waals surface area contributed by atoms with E-state index in [9.17, 15) is 0 Å². The molecule has 60 heavy (non-hydrogen) atoms. The summed E-state index contributed by atoms with van der Waals surface area (Å²) < 4.78 is 6.69. The van der Waals surface area contributed by atoms with E-state index in [0.29, 0.717) is 0 Å². The van der Waals surface area contributed by atoms with E-state index in [0.717, 1.165) is 44.4 Å². The first kappa shape index (κ1) is 34.1. The minimum atomic E-state index is 0.867. The molecule has 0 aliphatic heterocycles. The third kappa shape index (κ3) is 5.65. The monoisotopic (exact) mass is 763 g/mol. The van der Waals surface area contributed by atoms with Gasteiger partial charge in [-0.3, -0.25) is 0 Å². The lowest BCUT2D eigenvalue weighted by Gasteiger charge is -2.27. The van der Waals surface area contributed by atoms with Gasteiger partial charge in [-0.25, -0.2) is 0 Å². The van der Waals surface area contributed by atoms with Crippen LogP contribution in [0.3, 0.4) is 0 Å². The molecule has 0 spiro atoms. The normalized spacial score (nSPS) is 11.7. The van der Waals surface area contributed by atoms with Crippen LogP contribution in [0, 0.1) is 0 Å². The summed E-state index contributed by atoms with van der Waals surface area (Å²) in [4.78, 5) is 2.38. The summed E-state index contributed by atoms with van der Waals surface area (Å²) in [5.41, 5.74) is 12.2. The fraction of sp³-hybridized carbons (Fsp3) is 0. The van der Waals surface area contributed by atoms with Gasteiger partial charge < -0.3 is 9.32 Å². The van der Waals surface area contributed by atoms with E-state index in [2.05, 4.69) is 229 Å². The Balaban J connectivity index is 0.972. The Morgan fingerprint density at radius 3 is 1.57 bits per heavy atom. The fourth-order valence-corrected chi connectivity index (χ4v) is 9.26. The van der Waals surface area contributed by atoms with Gasteiger partial charge in [0.05, 0.1) is 11.1 Å². The van der Waals surface area contributed by atoms with Crippen LogP contribution in [-0.4, -0.2) is 0 Å². The van der Waals surface area contributed by atoms with Gasteiger partial charge in [0.25, 0.3) is 0 Å². The first-order valence-electron chi connectivity index (χ1n) is 20.6. The van der Waals surface area contributed by atoms with Crippen molar-refractivity contribution in [3.63, 3.8) is 0 Å². The van der Waals surface area contributed by atoms with Crippen molar-refractivity contribution >= 4 is 82.1 Å². The van der Waals surface area contributed by atoms with Crippen molar-refractivity contribution in [1.29, 1.82) is 0 Å². The van der Waals surface area contributed by atoms with Crippen molar-refractivity contribution < 1.29 is 4.42 Å². The van der Waals surface area contributed by atoms with Crippen LogP contribution >= 0.6 is 0 Å². The van der Waals surface area contributed by atoms with Crippen LogP contribution in [0.4, 0.5) is 17.1 Å². The molecule has 1 heterocycles. The van der Waals surface area contributed by atoms with Crippen molar-refractivity contribution in [2.45, 2.75) is 0 Å². The van der Waals surface area contributed by atoms with Crippen molar-refractivity contribution in [1.82, 2.24) is 0 Å². The largest absolute Gasteiger partial charge is 0.455 e. The lowest BCUT2D eigenvalue weighted by molar-refractivity contribution is 0.672. The number of furan rings is 1. The molecule has 0 amide bonds. The average molecular weight is 764 g/mol. The van der Waals surface area contributed by atoms with Crippen LogP contribution in [0.25, 0.3) is 98.4 Å². The van der Waals surface area contributed by atoms with E-state index in [-0.39, 0.29) is 0 Å². The maximum absolute atomic E-state index is 6.69. The molecule has 0 unspecified atom stereocenters. The Labute approximate surface area is 347 Å². The summed E-state index contributed by atoms with van der Waals surface area (Å²) in [6.45, 7) is 0. The molecule has 11 aromatic carbocycles. The number of hydrogen-bond acceptors (Lipinski definition) is 2. The maximum Gasteiger partial charge on any atom is 0.143 e. The van der Waals surface area contributed by atoms with Gasteiger partial charge in [-0.2, -0.15) is 0 Å². The molecule has 0 aliphatic carbocycles. The molecule has 0 saturated heterocycles. The quantitative estimate of drug-likeness (QED) is 0.157. The number of hydrogen-bond donors (Lipinski definition) is 0. The SMILES string of the molecule is c1ccc2cc(-c3ccc(-c4ccc(N(c5ccc(-c6cc7ccccc7c7ccccc67)cc5)c5cccc6oc7c8ccccc8ccc7c56)cc4)cc3)ccc2c1. The smallest absolute Gasteiger partial charge is 0.143 e. The highest BCUT2D eigenvalue weighted by Crippen LogP contribution is 2.45. The van der Waals surface area contributed by atoms with E-state index < -0.39 is 0 Å². The van der Waals surface area contributed by atoms with E-state index in [1.165, 1.54) is 71.1 Å². The fourth-order valence-electron chi connectivity index (χ4n) is 9.26. The summed E-state index contributed by atoms with van der Waals surface area (Å²) in [7, 11) is 0. The molecule has 0 aliphatic rings. The Morgan fingerprint density at radius 1 is 0.300 bits per heavy atom. The molecule has 0 fully saturated rings. The Bertz CT molecular complexity index is 3580. The van der Waals surface area contributed by atoms with E-state index in [1.807, 2.05) is 0 Å². The van der Waals surface area contributed by atoms with Crippen LogP contribution in [0.15, 0.2) is 229 Å². The van der Waals surface area contributed by atoms with Crippen molar-refractivity contribution in [2.24, 2.45) is 0 Å². The minimum Gasteiger partial charge on any atom is -0.455 e. The molecule has 0 radical (unpaired) electrons. The van der Waals surface area contributed by atoms with Crippen LogP contribution in [0.2, 0.25) is 0 Å². The summed E-state index contributed by atoms with van der Waals surface area (Å²) in [6, 6.07) is 81.2. The summed E-state index contributed by atoms with van der Waals surface area (Å²) in [5.74, 6) is 0. The highest BCUT2D eigenvalue weighted by atomic mass is 16.3. The molecule has 2 nitrogen and oxygen atoms in total. The third-order valence-corrected chi connectivity index (χ3v) is 12.2. The van der Waals surface area contributed by atoms with Gasteiger partial charge in [0.2, 0.25) is 0 Å². The molecular formula is C58H37NO. The Morgan fingerprint density at radius 2 is 0.833 bits per heavy atom. The van der Waals surface area contributed by atoms with Crippen molar-refractivity contribution in [2.75, 3.05) is 4.90 Å². The van der Waals surface area contributed by atoms with Crippen LogP contribution in [-0.2, 0) is 0 Å². The average Bonchev–Trinajstić information content (AvgIpc) is 3.72. The Kier molecular flexibility index (Phi) is 7.89. The van der Waals surface area contributed by atoms with Crippen LogP contribution < -0.4 is 4.90 Å². The molecule has 0 atom stereocenters. The van der Waals surface area contributed by atoms with E-state index in [1.54, 1.807) is 0 Å². The van der Waals surface area contributed by atoms with Crippen molar-refractivity contribution in [3.8, 4) is 33.4 Å². The summed E-state index contributed by atoms with van der Waals surface area (Å²) in [5, 5.41) is 12.0. The van der Waals surface area contributed by atoms with Gasteiger partial charge in [-0.15, -0.1) is 0 Å². The molecule has 12 rings (SSSR count). The van der Waals surface area contributed by atoms with E-state index in [4.69, 9.17) is 4.42 Å². The highest BCUT2D eigenvalue weighted by molar-refractivity contribution is 6.20. The number of anilines is 3. The zero-order valence-corrected chi connectivity index (χ0v) is 32.7. The molecule has 12 aromatic rings. The molecule has 0 N–H and O–H groups in total. The van der Waals surface area contributed by atoms with Crippen LogP contribution in [0.5, 0.6) is 0 Å². The maximum atomic E-state index is 6.69. The summed E-state index contributed by atoms with van der Waals surface area (Å²) >= 11 is 0. The second-order valence-electron chi connectivity index (χ2n) is 15.7. The van der Waals surface area contributed by atoms with Gasteiger partial charge in [-0.05, 0) is 126 Å². The zero-order valence-electron chi connectivity index (χ0n) is 32.7. The molecular weight excluding hydrogens is 727 g/mol. The van der Waals surface area contributed by atoms with Gasteiger partial charge in [0.1, 0.15) is 11.2 Å². The minimum absolute atomic E-state index is 0.867. The van der Waals surface area contributed by atoms with Gasteiger partial charge in [0, 0.05) is 22.1 Å². The molecule has 0 saturated carbocycles. The Hall–Kier alpha value is -7.94. The van der Waals surface area contributed by atoms with Crippen LogP contribution in [0.1, 0.15) is 0 Å². The number of benzene rings is 11. The zero-order chi connectivity index (χ0) is 39.6. The van der Waals surface area contributed by atoms with Crippen molar-refractivity contribution in [3.05, 3.63) is 224 Å². The van der Waals surface area contributed by atoms with E-state index >= 15 is 0 Å². The number of rotatable bonds is 6. The highest BCUT2D eigenvalue weighted by Gasteiger charge is 2.21. The molecule has 280 valence electrons. The second-order valence-corrected chi connectivity index (χ2v) is 15.7. The first-order valence-corrected chi connectivity index (χ1v) is 20.6. The predicted molar refractivity (Wildman–Crippen MR) is 255 cm³/mol. The van der Waals surface area contributed by atoms with Gasteiger partial charge in [0.15, 0.2) is 0 Å². The van der Waals surface area contributed by atoms with Gasteiger partial charge >= 0.3 is 0 Å². The predicted octanol–water partition coefficient (Wildman–Crippen LogP) is 16.7.